The van der Waals surface area contributed by atoms with Crippen LogP contribution in [-0.4, -0.2) is 34.7 Å². The summed E-state index contributed by atoms with van der Waals surface area (Å²) >= 11 is 1.70. The molecule has 5 heteroatoms. The summed E-state index contributed by atoms with van der Waals surface area (Å²) in [5.41, 5.74) is 0. The van der Waals surface area contributed by atoms with Gasteiger partial charge in [0.25, 0.3) is 0 Å². The second-order valence-electron chi connectivity index (χ2n) is 5.24. The maximum absolute atomic E-state index is 4.28. The molecule has 1 atom stereocenters. The van der Waals surface area contributed by atoms with Gasteiger partial charge in [-0.25, -0.2) is 0 Å². The van der Waals surface area contributed by atoms with Crippen molar-refractivity contribution in [3.05, 3.63) is 5.01 Å². The lowest BCUT2D eigenvalue weighted by Gasteiger charge is -2.17. The summed E-state index contributed by atoms with van der Waals surface area (Å²) < 4.78 is 0. The van der Waals surface area contributed by atoms with E-state index in [1.165, 1.54) is 32.4 Å². The summed E-state index contributed by atoms with van der Waals surface area (Å²) in [6, 6.07) is 0. The molecular formula is C13H24N4S. The fourth-order valence-electron chi connectivity index (χ4n) is 2.29. The first-order chi connectivity index (χ1) is 8.78. The highest BCUT2D eigenvalue weighted by molar-refractivity contribution is 7.15. The van der Waals surface area contributed by atoms with E-state index in [4.69, 9.17) is 0 Å². The van der Waals surface area contributed by atoms with Gasteiger partial charge in [0.05, 0.1) is 6.54 Å². The van der Waals surface area contributed by atoms with Crippen molar-refractivity contribution >= 4 is 16.5 Å². The van der Waals surface area contributed by atoms with E-state index in [2.05, 4.69) is 34.3 Å². The Labute approximate surface area is 114 Å². The Hall–Kier alpha value is -0.680. The minimum atomic E-state index is 0.881. The molecule has 0 aromatic carbocycles. The van der Waals surface area contributed by atoms with Gasteiger partial charge in [-0.05, 0) is 44.7 Å². The van der Waals surface area contributed by atoms with Crippen LogP contribution in [0.15, 0.2) is 0 Å². The zero-order valence-corrected chi connectivity index (χ0v) is 12.3. The van der Waals surface area contributed by atoms with E-state index < -0.39 is 0 Å². The molecule has 102 valence electrons. The first-order valence-corrected chi connectivity index (χ1v) is 7.88. The quantitative estimate of drug-likeness (QED) is 0.891. The molecule has 0 amide bonds. The molecule has 18 heavy (non-hydrogen) atoms. The molecule has 1 fully saturated rings. The highest BCUT2D eigenvalue weighted by atomic mass is 32.1. The highest BCUT2D eigenvalue weighted by Gasteiger charge is 2.15. The van der Waals surface area contributed by atoms with Crippen LogP contribution in [0.25, 0.3) is 0 Å². The summed E-state index contributed by atoms with van der Waals surface area (Å²) in [5.74, 6) is 0.881. The monoisotopic (exact) mass is 268 g/mol. The van der Waals surface area contributed by atoms with Crippen molar-refractivity contribution in [3.8, 4) is 0 Å². The summed E-state index contributed by atoms with van der Waals surface area (Å²) in [6.07, 6.45) is 5.13. The van der Waals surface area contributed by atoms with Crippen LogP contribution in [0.5, 0.6) is 0 Å². The van der Waals surface area contributed by atoms with E-state index in [0.717, 1.165) is 35.6 Å². The molecule has 1 aromatic rings. The summed E-state index contributed by atoms with van der Waals surface area (Å²) in [6.45, 7) is 8.89. The van der Waals surface area contributed by atoms with Gasteiger partial charge in [0, 0.05) is 6.54 Å². The standard InChI is InChI=1S/C13H24N4S/c1-3-7-14-13-16-15-12(18-13)10-17-8-4-5-11(2)6-9-17/h11H,3-10H2,1-2H3,(H,14,16). The summed E-state index contributed by atoms with van der Waals surface area (Å²) in [4.78, 5) is 2.52. The second-order valence-corrected chi connectivity index (χ2v) is 6.30. The first-order valence-electron chi connectivity index (χ1n) is 7.06. The van der Waals surface area contributed by atoms with Crippen LogP contribution >= 0.6 is 11.3 Å². The molecule has 1 N–H and O–H groups in total. The Bertz CT molecular complexity index is 353. The van der Waals surface area contributed by atoms with Gasteiger partial charge in [0.2, 0.25) is 5.13 Å². The fourth-order valence-corrected chi connectivity index (χ4v) is 3.10. The topological polar surface area (TPSA) is 41.1 Å². The van der Waals surface area contributed by atoms with Gasteiger partial charge in [0.15, 0.2) is 0 Å². The second kappa shape index (κ2) is 7.04. The molecule has 2 rings (SSSR count). The van der Waals surface area contributed by atoms with Crippen LogP contribution in [-0.2, 0) is 6.54 Å². The zero-order valence-electron chi connectivity index (χ0n) is 11.5. The molecule has 1 saturated heterocycles. The van der Waals surface area contributed by atoms with Crippen LogP contribution in [0.3, 0.4) is 0 Å². The first kappa shape index (κ1) is 13.7. The average Bonchev–Trinajstić information content (AvgIpc) is 2.70. The van der Waals surface area contributed by atoms with Gasteiger partial charge >= 0.3 is 0 Å². The Balaban J connectivity index is 1.82. The molecule has 2 heterocycles. The number of aromatic nitrogens is 2. The molecule has 0 spiro atoms. The van der Waals surface area contributed by atoms with Gasteiger partial charge < -0.3 is 5.32 Å². The number of nitrogens with one attached hydrogen (secondary N) is 1. The Morgan fingerprint density at radius 1 is 1.33 bits per heavy atom. The van der Waals surface area contributed by atoms with E-state index in [-0.39, 0.29) is 0 Å². The van der Waals surface area contributed by atoms with Crippen LogP contribution in [0, 0.1) is 5.92 Å². The molecule has 1 aromatic heterocycles. The Morgan fingerprint density at radius 3 is 3.06 bits per heavy atom. The lowest BCUT2D eigenvalue weighted by molar-refractivity contribution is 0.272. The third-order valence-electron chi connectivity index (χ3n) is 3.46. The van der Waals surface area contributed by atoms with E-state index >= 15 is 0 Å². The van der Waals surface area contributed by atoms with Crippen molar-refractivity contribution in [1.29, 1.82) is 0 Å². The molecule has 0 saturated carbocycles. The van der Waals surface area contributed by atoms with E-state index in [1.807, 2.05) is 0 Å². The maximum atomic E-state index is 4.28. The van der Waals surface area contributed by atoms with Crippen molar-refractivity contribution in [1.82, 2.24) is 15.1 Å². The highest BCUT2D eigenvalue weighted by Crippen LogP contribution is 2.21. The van der Waals surface area contributed by atoms with Crippen molar-refractivity contribution < 1.29 is 0 Å². The third kappa shape index (κ3) is 4.21. The molecular weight excluding hydrogens is 244 g/mol. The van der Waals surface area contributed by atoms with E-state index in [0.29, 0.717) is 0 Å². The fraction of sp³-hybridized carbons (Fsp3) is 0.846. The summed E-state index contributed by atoms with van der Waals surface area (Å²) in [5, 5.41) is 13.9. The third-order valence-corrected chi connectivity index (χ3v) is 4.33. The Morgan fingerprint density at radius 2 is 2.22 bits per heavy atom. The number of nitrogens with zero attached hydrogens (tertiary/aromatic N) is 3. The van der Waals surface area contributed by atoms with Crippen LogP contribution in [0.4, 0.5) is 5.13 Å². The van der Waals surface area contributed by atoms with E-state index in [1.54, 1.807) is 11.3 Å². The number of likely N-dealkylation sites (tertiary alicyclic amines) is 1. The van der Waals surface area contributed by atoms with E-state index in [9.17, 15) is 0 Å². The smallest absolute Gasteiger partial charge is 0.205 e. The minimum absolute atomic E-state index is 0.881. The molecule has 1 aliphatic rings. The van der Waals surface area contributed by atoms with Gasteiger partial charge in [-0.3, -0.25) is 4.90 Å². The van der Waals surface area contributed by atoms with Crippen LogP contribution < -0.4 is 5.32 Å². The van der Waals surface area contributed by atoms with Gasteiger partial charge in [0.1, 0.15) is 5.01 Å². The van der Waals surface area contributed by atoms with Crippen LogP contribution in [0.2, 0.25) is 0 Å². The van der Waals surface area contributed by atoms with Crippen molar-refractivity contribution in [2.45, 2.75) is 46.1 Å². The molecule has 1 aliphatic heterocycles. The SMILES string of the molecule is CCCNc1nnc(CN2CCCC(C)CC2)s1. The molecule has 0 aliphatic carbocycles. The zero-order chi connectivity index (χ0) is 12.8. The van der Waals surface area contributed by atoms with Gasteiger partial charge in [-0.1, -0.05) is 25.2 Å². The van der Waals surface area contributed by atoms with Crippen molar-refractivity contribution in [3.63, 3.8) is 0 Å². The van der Waals surface area contributed by atoms with Gasteiger partial charge in [-0.15, -0.1) is 10.2 Å². The average molecular weight is 268 g/mol. The van der Waals surface area contributed by atoms with Crippen molar-refractivity contribution in [2.24, 2.45) is 5.92 Å². The van der Waals surface area contributed by atoms with Crippen LogP contribution in [0.1, 0.15) is 44.5 Å². The Kier molecular flexibility index (Phi) is 5.38. The van der Waals surface area contributed by atoms with Gasteiger partial charge in [-0.2, -0.15) is 0 Å². The minimum Gasteiger partial charge on any atom is -0.360 e. The molecule has 0 radical (unpaired) electrons. The number of anilines is 1. The number of hydrogen-bond acceptors (Lipinski definition) is 5. The molecule has 4 nitrogen and oxygen atoms in total. The predicted molar refractivity (Wildman–Crippen MR) is 77.0 cm³/mol. The maximum Gasteiger partial charge on any atom is 0.205 e. The summed E-state index contributed by atoms with van der Waals surface area (Å²) in [7, 11) is 0. The number of rotatable bonds is 5. The normalized spacial score (nSPS) is 21.8. The largest absolute Gasteiger partial charge is 0.360 e. The lowest BCUT2D eigenvalue weighted by Crippen LogP contribution is -2.24. The predicted octanol–water partition coefficient (Wildman–Crippen LogP) is 2.98. The molecule has 1 unspecified atom stereocenters. The number of hydrogen-bond donors (Lipinski definition) is 1. The lowest BCUT2D eigenvalue weighted by atomic mass is 10.0. The molecule has 0 bridgehead atoms. The van der Waals surface area contributed by atoms with Crippen molar-refractivity contribution in [2.75, 3.05) is 25.0 Å².